The van der Waals surface area contributed by atoms with Gasteiger partial charge in [0.1, 0.15) is 5.82 Å². The van der Waals surface area contributed by atoms with E-state index in [9.17, 15) is 0 Å². The Balaban J connectivity index is 1.34. The highest BCUT2D eigenvalue weighted by molar-refractivity contribution is 8.00. The third-order valence-electron chi connectivity index (χ3n) is 4.33. The third kappa shape index (κ3) is 5.52. The minimum absolute atomic E-state index is 0.183. The lowest BCUT2D eigenvalue weighted by Crippen LogP contribution is -2.18. The Hall–Kier alpha value is -2.50. The molecular weight excluding hydrogens is 408 g/mol. The van der Waals surface area contributed by atoms with E-state index in [0.717, 1.165) is 46.7 Å². The van der Waals surface area contributed by atoms with E-state index in [0.29, 0.717) is 17.5 Å². The van der Waals surface area contributed by atoms with Gasteiger partial charge in [0.15, 0.2) is 4.34 Å². The monoisotopic (exact) mass is 430 g/mol. The predicted molar refractivity (Wildman–Crippen MR) is 116 cm³/mol. The SMILES string of the molecule is Cc1ccccc1Nc1nc(N)nc(CSc2nnc(NC[C@@H]3CCCO3)s2)n1. The number of aromatic nitrogens is 5. The van der Waals surface area contributed by atoms with Gasteiger partial charge in [0.2, 0.25) is 17.0 Å². The maximum Gasteiger partial charge on any atom is 0.232 e. The fraction of sp³-hybridized carbons (Fsp3) is 0.389. The van der Waals surface area contributed by atoms with Gasteiger partial charge in [-0.15, -0.1) is 10.2 Å². The Morgan fingerprint density at radius 1 is 1.24 bits per heavy atom. The van der Waals surface area contributed by atoms with Crippen LogP contribution in [0.3, 0.4) is 0 Å². The van der Waals surface area contributed by atoms with Gasteiger partial charge in [0, 0.05) is 18.8 Å². The number of aryl methyl sites for hydroxylation is 1. The Kier molecular flexibility index (Phi) is 6.37. The zero-order chi connectivity index (χ0) is 20.1. The van der Waals surface area contributed by atoms with Crippen molar-refractivity contribution in [2.45, 2.75) is 36.0 Å². The Morgan fingerprint density at radius 3 is 2.97 bits per heavy atom. The van der Waals surface area contributed by atoms with Gasteiger partial charge in [0.05, 0.1) is 11.9 Å². The van der Waals surface area contributed by atoms with E-state index in [4.69, 9.17) is 10.5 Å². The van der Waals surface area contributed by atoms with Gasteiger partial charge >= 0.3 is 0 Å². The summed E-state index contributed by atoms with van der Waals surface area (Å²) in [5.74, 6) is 1.72. The lowest BCUT2D eigenvalue weighted by Gasteiger charge is -2.09. The second-order valence-corrected chi connectivity index (χ2v) is 8.75. The van der Waals surface area contributed by atoms with Crippen LogP contribution >= 0.6 is 23.1 Å². The number of rotatable bonds is 8. The second-order valence-electron chi connectivity index (χ2n) is 6.55. The molecule has 1 atom stereocenters. The smallest absolute Gasteiger partial charge is 0.232 e. The fourth-order valence-electron chi connectivity index (χ4n) is 2.86. The van der Waals surface area contributed by atoms with Crippen LogP contribution in [-0.2, 0) is 10.5 Å². The van der Waals surface area contributed by atoms with Gasteiger partial charge < -0.3 is 21.1 Å². The van der Waals surface area contributed by atoms with Crippen molar-refractivity contribution in [3.05, 3.63) is 35.7 Å². The number of benzene rings is 1. The van der Waals surface area contributed by atoms with Crippen molar-refractivity contribution in [1.82, 2.24) is 25.1 Å². The molecule has 3 heterocycles. The molecule has 29 heavy (non-hydrogen) atoms. The van der Waals surface area contributed by atoms with Gasteiger partial charge in [-0.05, 0) is 31.4 Å². The third-order valence-corrected chi connectivity index (χ3v) is 6.34. The van der Waals surface area contributed by atoms with Crippen LogP contribution in [0.4, 0.5) is 22.7 Å². The molecule has 1 aromatic carbocycles. The fourth-order valence-corrected chi connectivity index (χ4v) is 4.48. The zero-order valence-corrected chi connectivity index (χ0v) is 17.6. The molecule has 4 rings (SSSR count). The predicted octanol–water partition coefficient (Wildman–Crippen LogP) is 3.24. The molecule has 9 nitrogen and oxygen atoms in total. The van der Waals surface area contributed by atoms with Crippen LogP contribution in [0.25, 0.3) is 0 Å². The highest BCUT2D eigenvalue weighted by atomic mass is 32.2. The normalized spacial score (nSPS) is 16.1. The number of para-hydroxylation sites is 1. The first-order chi connectivity index (χ1) is 14.2. The van der Waals surface area contributed by atoms with E-state index >= 15 is 0 Å². The number of thioether (sulfide) groups is 1. The molecule has 0 spiro atoms. The molecule has 0 saturated carbocycles. The average Bonchev–Trinajstić information content (AvgIpc) is 3.38. The molecule has 0 aliphatic carbocycles. The minimum atomic E-state index is 0.183. The highest BCUT2D eigenvalue weighted by Crippen LogP contribution is 2.28. The molecule has 4 N–H and O–H groups in total. The topological polar surface area (TPSA) is 124 Å². The first kappa shape index (κ1) is 19.8. The summed E-state index contributed by atoms with van der Waals surface area (Å²) in [6.45, 7) is 3.63. The lowest BCUT2D eigenvalue weighted by molar-refractivity contribution is 0.120. The summed E-state index contributed by atoms with van der Waals surface area (Å²) in [6.07, 6.45) is 2.48. The van der Waals surface area contributed by atoms with Crippen LogP contribution in [0.15, 0.2) is 28.6 Å². The summed E-state index contributed by atoms with van der Waals surface area (Å²) >= 11 is 3.02. The molecule has 2 aromatic heterocycles. The summed E-state index contributed by atoms with van der Waals surface area (Å²) in [5.41, 5.74) is 7.89. The molecule has 152 valence electrons. The quantitative estimate of drug-likeness (QED) is 0.459. The summed E-state index contributed by atoms with van der Waals surface area (Å²) in [5, 5.41) is 15.7. The number of ether oxygens (including phenoxy) is 1. The molecule has 1 aliphatic rings. The molecule has 1 fully saturated rings. The first-order valence-electron chi connectivity index (χ1n) is 9.30. The Bertz CT molecular complexity index is 961. The van der Waals surface area contributed by atoms with Crippen molar-refractivity contribution < 1.29 is 4.74 Å². The van der Waals surface area contributed by atoms with Gasteiger partial charge in [-0.1, -0.05) is 41.3 Å². The number of hydrogen-bond acceptors (Lipinski definition) is 11. The molecule has 0 unspecified atom stereocenters. The first-order valence-corrected chi connectivity index (χ1v) is 11.1. The van der Waals surface area contributed by atoms with Crippen LogP contribution in [0, 0.1) is 6.92 Å². The summed E-state index contributed by atoms with van der Waals surface area (Å²) in [7, 11) is 0. The number of nitrogens with one attached hydrogen (secondary N) is 2. The van der Waals surface area contributed by atoms with Crippen molar-refractivity contribution in [3.8, 4) is 0 Å². The van der Waals surface area contributed by atoms with E-state index in [-0.39, 0.29) is 12.1 Å². The summed E-state index contributed by atoms with van der Waals surface area (Å²) < 4.78 is 6.45. The van der Waals surface area contributed by atoms with E-state index in [1.54, 1.807) is 0 Å². The minimum Gasteiger partial charge on any atom is -0.376 e. The van der Waals surface area contributed by atoms with Gasteiger partial charge in [-0.2, -0.15) is 15.0 Å². The Labute approximate surface area is 176 Å². The van der Waals surface area contributed by atoms with Gasteiger partial charge in [-0.3, -0.25) is 0 Å². The Morgan fingerprint density at radius 2 is 2.14 bits per heavy atom. The second kappa shape index (κ2) is 9.33. The number of hydrogen-bond donors (Lipinski definition) is 3. The van der Waals surface area contributed by atoms with Crippen LogP contribution in [0.1, 0.15) is 24.2 Å². The lowest BCUT2D eigenvalue weighted by atomic mass is 10.2. The van der Waals surface area contributed by atoms with Crippen molar-refractivity contribution in [1.29, 1.82) is 0 Å². The summed E-state index contributed by atoms with van der Waals surface area (Å²) in [4.78, 5) is 12.9. The number of nitrogen functional groups attached to an aromatic ring is 1. The van der Waals surface area contributed by atoms with Crippen molar-refractivity contribution >= 4 is 45.8 Å². The maximum absolute atomic E-state index is 5.86. The molecule has 0 bridgehead atoms. The molecule has 3 aromatic rings. The highest BCUT2D eigenvalue weighted by Gasteiger charge is 2.16. The number of nitrogens with two attached hydrogens (primary N) is 1. The average molecular weight is 431 g/mol. The zero-order valence-electron chi connectivity index (χ0n) is 16.0. The molecule has 0 amide bonds. The van der Waals surface area contributed by atoms with Crippen LogP contribution in [0.5, 0.6) is 0 Å². The van der Waals surface area contributed by atoms with Gasteiger partial charge in [0.25, 0.3) is 0 Å². The summed E-state index contributed by atoms with van der Waals surface area (Å²) in [6, 6.07) is 7.92. The molecule has 11 heteroatoms. The molecular formula is C18H22N8OS2. The molecule has 1 saturated heterocycles. The number of nitrogens with zero attached hydrogens (tertiary/aromatic N) is 5. The van der Waals surface area contributed by atoms with Crippen molar-refractivity contribution in [2.75, 3.05) is 29.5 Å². The van der Waals surface area contributed by atoms with Gasteiger partial charge in [-0.25, -0.2) is 0 Å². The van der Waals surface area contributed by atoms with E-state index < -0.39 is 0 Å². The standard InChI is InChI=1S/C18H22N8OS2/c1-11-5-2-3-7-13(11)21-16-23-14(22-15(19)24-16)10-28-18-26-25-17(29-18)20-9-12-6-4-8-27-12/h2-3,5,7,12H,4,6,8-10H2,1H3,(H,20,25)(H3,19,21,22,23,24)/t12-/m0/s1. The van der Waals surface area contributed by atoms with Crippen LogP contribution < -0.4 is 16.4 Å². The molecule has 1 aliphatic heterocycles. The van der Waals surface area contributed by atoms with Crippen LogP contribution in [0.2, 0.25) is 0 Å². The van der Waals surface area contributed by atoms with Crippen LogP contribution in [-0.4, -0.2) is 44.4 Å². The number of anilines is 4. The van der Waals surface area contributed by atoms with Crippen molar-refractivity contribution in [2.24, 2.45) is 0 Å². The van der Waals surface area contributed by atoms with E-state index in [1.807, 2.05) is 31.2 Å². The van der Waals surface area contributed by atoms with E-state index in [1.165, 1.54) is 23.1 Å². The van der Waals surface area contributed by atoms with Crippen molar-refractivity contribution in [3.63, 3.8) is 0 Å². The van der Waals surface area contributed by atoms with E-state index in [2.05, 4.69) is 35.8 Å². The molecule has 0 radical (unpaired) electrons. The maximum atomic E-state index is 5.86. The largest absolute Gasteiger partial charge is 0.376 e.